The highest BCUT2D eigenvalue weighted by Gasteiger charge is 2.32. The number of aromatic nitrogens is 1. The zero-order chi connectivity index (χ0) is 13.8. The molecule has 0 saturated heterocycles. The van der Waals surface area contributed by atoms with Crippen LogP contribution in [0.4, 0.5) is 19.0 Å². The van der Waals surface area contributed by atoms with Gasteiger partial charge in [0.05, 0.1) is 6.54 Å². The fourth-order valence-electron chi connectivity index (χ4n) is 1.17. The predicted molar refractivity (Wildman–Crippen MR) is 61.0 cm³/mol. The molecule has 0 aromatic carbocycles. The van der Waals surface area contributed by atoms with Crippen molar-refractivity contribution in [2.45, 2.75) is 13.1 Å². The Morgan fingerprint density at radius 3 is 2.67 bits per heavy atom. The largest absolute Gasteiger partial charge is 0.433 e. The number of alkyl halides is 3. The molecule has 1 rings (SSSR count). The zero-order valence-corrected chi connectivity index (χ0v) is 10.1. The van der Waals surface area contributed by atoms with Gasteiger partial charge in [0.25, 0.3) is 0 Å². The van der Waals surface area contributed by atoms with Gasteiger partial charge in [-0.1, -0.05) is 6.07 Å². The molecule has 0 unspecified atom stereocenters. The Bertz CT molecular complexity index is 420. The summed E-state index contributed by atoms with van der Waals surface area (Å²) < 4.78 is 37.2. The lowest BCUT2D eigenvalue weighted by Gasteiger charge is -2.15. The van der Waals surface area contributed by atoms with E-state index in [9.17, 15) is 18.0 Å². The van der Waals surface area contributed by atoms with Gasteiger partial charge in [-0.25, -0.2) is 4.98 Å². The van der Waals surface area contributed by atoms with Crippen LogP contribution in [0.25, 0.3) is 0 Å². The van der Waals surface area contributed by atoms with Crippen LogP contribution in [-0.2, 0) is 11.0 Å². The van der Waals surface area contributed by atoms with Gasteiger partial charge in [0.1, 0.15) is 11.5 Å². The molecule has 0 atom stereocenters. The van der Waals surface area contributed by atoms with Crippen LogP contribution in [0.2, 0.25) is 0 Å². The van der Waals surface area contributed by atoms with Crippen molar-refractivity contribution in [2.24, 2.45) is 0 Å². The molecule has 1 amide bonds. The molecule has 0 aliphatic rings. The average Bonchev–Trinajstić information content (AvgIpc) is 2.34. The van der Waals surface area contributed by atoms with E-state index in [1.165, 1.54) is 17.0 Å². The Morgan fingerprint density at radius 2 is 2.11 bits per heavy atom. The van der Waals surface area contributed by atoms with Crippen molar-refractivity contribution in [3.8, 4) is 0 Å². The van der Waals surface area contributed by atoms with E-state index < -0.39 is 11.9 Å². The van der Waals surface area contributed by atoms with Crippen LogP contribution in [0.5, 0.6) is 0 Å². The smallest absolute Gasteiger partial charge is 0.361 e. The van der Waals surface area contributed by atoms with Crippen LogP contribution in [0.15, 0.2) is 18.2 Å². The molecule has 1 N–H and O–H groups in total. The molecule has 0 saturated carbocycles. The topological polar surface area (TPSA) is 45.2 Å². The number of nitrogens with one attached hydrogen (secondary N) is 1. The first-order valence-corrected chi connectivity index (χ1v) is 5.36. The van der Waals surface area contributed by atoms with Crippen LogP contribution in [-0.4, -0.2) is 35.9 Å². The minimum atomic E-state index is -4.48. The number of hydrogen-bond acceptors (Lipinski definition) is 3. The second-order valence-corrected chi connectivity index (χ2v) is 3.67. The first kappa shape index (κ1) is 14.3. The van der Waals surface area contributed by atoms with E-state index in [2.05, 4.69) is 10.3 Å². The molecular formula is C11H14F3N3O. The zero-order valence-electron chi connectivity index (χ0n) is 10.1. The van der Waals surface area contributed by atoms with Gasteiger partial charge in [-0.05, 0) is 19.1 Å². The summed E-state index contributed by atoms with van der Waals surface area (Å²) in [7, 11) is 1.61. The highest BCUT2D eigenvalue weighted by Crippen LogP contribution is 2.27. The molecule has 0 bridgehead atoms. The second-order valence-electron chi connectivity index (χ2n) is 3.67. The molecule has 7 heteroatoms. The monoisotopic (exact) mass is 261 g/mol. The Labute approximate surface area is 103 Å². The summed E-state index contributed by atoms with van der Waals surface area (Å²) in [6, 6.07) is 3.51. The summed E-state index contributed by atoms with van der Waals surface area (Å²) in [5, 5.41) is 2.57. The average molecular weight is 261 g/mol. The summed E-state index contributed by atoms with van der Waals surface area (Å²) in [6.45, 7) is 2.26. The summed E-state index contributed by atoms with van der Waals surface area (Å²) in [6.07, 6.45) is -4.48. The van der Waals surface area contributed by atoms with E-state index in [4.69, 9.17) is 0 Å². The first-order chi connectivity index (χ1) is 8.34. The highest BCUT2D eigenvalue weighted by atomic mass is 19.4. The number of likely N-dealkylation sites (N-methyl/N-ethyl adjacent to an activating group) is 1. The van der Waals surface area contributed by atoms with Gasteiger partial charge in [-0.15, -0.1) is 0 Å². The van der Waals surface area contributed by atoms with Crippen LogP contribution in [0.3, 0.4) is 0 Å². The van der Waals surface area contributed by atoms with E-state index in [0.717, 1.165) is 6.07 Å². The molecule has 1 aromatic heterocycles. The van der Waals surface area contributed by atoms with Gasteiger partial charge >= 0.3 is 6.18 Å². The summed E-state index contributed by atoms with van der Waals surface area (Å²) >= 11 is 0. The number of nitrogens with zero attached hydrogens (tertiary/aromatic N) is 2. The molecule has 0 aliphatic carbocycles. The number of carbonyl (C=O) groups is 1. The van der Waals surface area contributed by atoms with Crippen molar-refractivity contribution < 1.29 is 18.0 Å². The van der Waals surface area contributed by atoms with E-state index in [1.807, 2.05) is 0 Å². The molecule has 0 radical (unpaired) electrons. The van der Waals surface area contributed by atoms with Crippen molar-refractivity contribution >= 4 is 11.7 Å². The van der Waals surface area contributed by atoms with Crippen molar-refractivity contribution in [1.29, 1.82) is 0 Å². The third-order valence-corrected chi connectivity index (χ3v) is 2.36. The van der Waals surface area contributed by atoms with E-state index in [-0.39, 0.29) is 18.3 Å². The number of pyridine rings is 1. The van der Waals surface area contributed by atoms with Crippen molar-refractivity contribution in [1.82, 2.24) is 9.88 Å². The van der Waals surface area contributed by atoms with Gasteiger partial charge in [-0.2, -0.15) is 13.2 Å². The first-order valence-electron chi connectivity index (χ1n) is 5.36. The standard InChI is InChI=1S/C11H14F3N3O/c1-3-17(2)10(18)7-15-9-6-4-5-8(16-9)11(12,13)14/h4-6H,3,7H2,1-2H3,(H,15,16). The quantitative estimate of drug-likeness (QED) is 0.901. The summed E-state index contributed by atoms with van der Waals surface area (Å²) in [5.41, 5.74) is -0.983. The van der Waals surface area contributed by atoms with Gasteiger partial charge < -0.3 is 10.2 Å². The number of carbonyl (C=O) groups excluding carboxylic acids is 1. The maximum Gasteiger partial charge on any atom is 0.433 e. The number of anilines is 1. The van der Waals surface area contributed by atoms with Gasteiger partial charge in [0.2, 0.25) is 5.91 Å². The Morgan fingerprint density at radius 1 is 1.44 bits per heavy atom. The minimum Gasteiger partial charge on any atom is -0.361 e. The molecule has 4 nitrogen and oxygen atoms in total. The van der Waals surface area contributed by atoms with E-state index >= 15 is 0 Å². The van der Waals surface area contributed by atoms with Crippen molar-refractivity contribution in [3.63, 3.8) is 0 Å². The number of halogens is 3. The molecule has 18 heavy (non-hydrogen) atoms. The third kappa shape index (κ3) is 3.90. The number of hydrogen-bond donors (Lipinski definition) is 1. The molecule has 100 valence electrons. The fraction of sp³-hybridized carbons (Fsp3) is 0.455. The molecule has 1 aromatic rings. The van der Waals surface area contributed by atoms with Crippen LogP contribution in [0, 0.1) is 0 Å². The minimum absolute atomic E-state index is 0.0303. The lowest BCUT2D eigenvalue weighted by molar-refractivity contribution is -0.141. The predicted octanol–water partition coefficient (Wildman–Crippen LogP) is 1.99. The lowest BCUT2D eigenvalue weighted by Crippen LogP contribution is -2.32. The maximum atomic E-state index is 12.4. The fourth-order valence-corrected chi connectivity index (χ4v) is 1.17. The van der Waals surface area contributed by atoms with E-state index in [1.54, 1.807) is 14.0 Å². The highest BCUT2D eigenvalue weighted by molar-refractivity contribution is 5.80. The summed E-state index contributed by atoms with van der Waals surface area (Å²) in [4.78, 5) is 16.3. The number of rotatable bonds is 4. The van der Waals surface area contributed by atoms with Gasteiger partial charge in [0, 0.05) is 13.6 Å². The van der Waals surface area contributed by atoms with Crippen LogP contribution in [0.1, 0.15) is 12.6 Å². The third-order valence-electron chi connectivity index (χ3n) is 2.36. The molecule has 0 fully saturated rings. The second kappa shape index (κ2) is 5.70. The van der Waals surface area contributed by atoms with Gasteiger partial charge in [-0.3, -0.25) is 4.79 Å². The Hall–Kier alpha value is -1.79. The van der Waals surface area contributed by atoms with Crippen molar-refractivity contribution in [3.05, 3.63) is 23.9 Å². The normalized spacial score (nSPS) is 11.2. The SMILES string of the molecule is CCN(C)C(=O)CNc1cccc(C(F)(F)F)n1. The molecule has 0 spiro atoms. The van der Waals surface area contributed by atoms with Crippen LogP contribution < -0.4 is 5.32 Å². The number of amides is 1. The van der Waals surface area contributed by atoms with Crippen LogP contribution >= 0.6 is 0 Å². The summed E-state index contributed by atoms with van der Waals surface area (Å²) in [5.74, 6) is -0.181. The lowest BCUT2D eigenvalue weighted by atomic mass is 10.3. The maximum absolute atomic E-state index is 12.4. The Kier molecular flexibility index (Phi) is 4.52. The van der Waals surface area contributed by atoms with E-state index in [0.29, 0.717) is 6.54 Å². The molecule has 0 aliphatic heterocycles. The van der Waals surface area contributed by atoms with Gasteiger partial charge in [0.15, 0.2) is 0 Å². The molecule has 1 heterocycles. The Balaban J connectivity index is 2.66. The molecular weight excluding hydrogens is 247 g/mol. The van der Waals surface area contributed by atoms with Crippen molar-refractivity contribution in [2.75, 3.05) is 25.5 Å².